The maximum Gasteiger partial charge on any atom is 0.194 e. The summed E-state index contributed by atoms with van der Waals surface area (Å²) in [6.07, 6.45) is 1.61. The summed E-state index contributed by atoms with van der Waals surface area (Å²) in [7, 11) is 0. The minimum Gasteiger partial charge on any atom is -0.362 e. The fourth-order valence-electron chi connectivity index (χ4n) is 1.82. The molecule has 0 aliphatic heterocycles. The van der Waals surface area contributed by atoms with Crippen molar-refractivity contribution < 1.29 is 13.2 Å². The number of benzene rings is 1. The van der Waals surface area contributed by atoms with E-state index >= 15 is 0 Å². The van der Waals surface area contributed by atoms with Gasteiger partial charge >= 0.3 is 0 Å². The van der Waals surface area contributed by atoms with Crippen molar-refractivity contribution >= 4 is 23.1 Å². The molecule has 0 amide bonds. The van der Waals surface area contributed by atoms with Crippen LogP contribution < -0.4 is 10.6 Å². The molecule has 0 unspecified atom stereocenters. The number of hydrogen-bond donors (Lipinski definition) is 2. The first kappa shape index (κ1) is 16.7. The molecule has 1 aromatic carbocycles. The molecule has 2 aromatic rings. The number of aromatic nitrogens is 1. The molecule has 0 atom stereocenters. The predicted octanol–water partition coefficient (Wildman–Crippen LogP) is 2.90. The van der Waals surface area contributed by atoms with Gasteiger partial charge in [-0.3, -0.25) is 0 Å². The van der Waals surface area contributed by atoms with Gasteiger partial charge in [-0.1, -0.05) is 6.07 Å². The number of halogens is 3. The highest BCUT2D eigenvalue weighted by atomic mass is 32.1. The average molecular weight is 336 g/mol. The third-order valence-corrected chi connectivity index (χ3v) is 3.20. The molecule has 0 aliphatic rings. The van der Waals surface area contributed by atoms with E-state index in [0.717, 1.165) is 6.07 Å². The van der Waals surface area contributed by atoms with Crippen molar-refractivity contribution in [1.82, 2.24) is 10.3 Å². The molecule has 23 heavy (non-hydrogen) atoms. The van der Waals surface area contributed by atoms with Gasteiger partial charge in [-0.15, -0.1) is 0 Å². The second-order valence-electron chi connectivity index (χ2n) is 4.48. The van der Waals surface area contributed by atoms with E-state index in [4.69, 9.17) is 17.5 Å². The second kappa shape index (κ2) is 7.56. The molecule has 1 heterocycles. The zero-order chi connectivity index (χ0) is 16.8. The molecule has 2 rings (SSSR count). The van der Waals surface area contributed by atoms with Gasteiger partial charge in [0.25, 0.3) is 0 Å². The lowest BCUT2D eigenvalue weighted by atomic mass is 10.1. The van der Waals surface area contributed by atoms with Gasteiger partial charge in [0, 0.05) is 12.7 Å². The molecular formula is C15H11F3N4S. The fraction of sp³-hybridized carbons (Fsp3) is 0.133. The normalized spacial score (nSPS) is 10.0. The number of nitrogens with zero attached hydrogens (tertiary/aromatic N) is 2. The Bertz CT molecular complexity index is 774. The minimum absolute atomic E-state index is 0.0368. The van der Waals surface area contributed by atoms with Crippen LogP contribution >= 0.6 is 12.2 Å². The van der Waals surface area contributed by atoms with Crippen LogP contribution in [-0.4, -0.2) is 16.6 Å². The number of nitriles is 1. The van der Waals surface area contributed by atoms with E-state index in [9.17, 15) is 13.2 Å². The van der Waals surface area contributed by atoms with Gasteiger partial charge in [0.15, 0.2) is 22.6 Å². The van der Waals surface area contributed by atoms with Gasteiger partial charge in [0.1, 0.15) is 11.9 Å². The van der Waals surface area contributed by atoms with Crippen molar-refractivity contribution in [3.63, 3.8) is 0 Å². The summed E-state index contributed by atoms with van der Waals surface area (Å²) in [5, 5.41) is 14.6. The first-order valence-corrected chi connectivity index (χ1v) is 6.96. The van der Waals surface area contributed by atoms with Gasteiger partial charge in [0.05, 0.1) is 5.56 Å². The molecule has 118 valence electrons. The third kappa shape index (κ3) is 4.17. The maximum atomic E-state index is 13.5. The van der Waals surface area contributed by atoms with Crippen LogP contribution in [0.3, 0.4) is 0 Å². The first-order chi connectivity index (χ1) is 11.0. The van der Waals surface area contributed by atoms with E-state index in [1.807, 2.05) is 6.07 Å². The predicted molar refractivity (Wildman–Crippen MR) is 83.2 cm³/mol. The molecule has 1 aromatic heterocycles. The molecule has 0 fully saturated rings. The van der Waals surface area contributed by atoms with Crippen molar-refractivity contribution in [2.75, 3.05) is 11.9 Å². The highest BCUT2D eigenvalue weighted by Gasteiger charge is 2.13. The molecule has 0 spiro atoms. The number of rotatable bonds is 4. The Morgan fingerprint density at radius 1 is 1.22 bits per heavy atom. The van der Waals surface area contributed by atoms with Crippen LogP contribution in [0.5, 0.6) is 0 Å². The molecule has 0 aliphatic carbocycles. The van der Waals surface area contributed by atoms with E-state index in [1.54, 1.807) is 12.1 Å². The largest absolute Gasteiger partial charge is 0.362 e. The van der Waals surface area contributed by atoms with Gasteiger partial charge in [-0.2, -0.15) is 5.26 Å². The third-order valence-electron chi connectivity index (χ3n) is 2.96. The Morgan fingerprint density at radius 3 is 2.74 bits per heavy atom. The first-order valence-electron chi connectivity index (χ1n) is 6.55. The van der Waals surface area contributed by atoms with Crippen molar-refractivity contribution in [1.29, 1.82) is 5.26 Å². The zero-order valence-corrected chi connectivity index (χ0v) is 12.6. The van der Waals surface area contributed by atoms with Crippen molar-refractivity contribution in [2.45, 2.75) is 6.42 Å². The lowest BCUT2D eigenvalue weighted by molar-refractivity contribution is 0.441. The Balaban J connectivity index is 1.91. The SMILES string of the molecule is N#Cc1cccnc1NC(=S)NCCc1ccc(F)c(F)c1F. The van der Waals surface area contributed by atoms with Gasteiger partial charge in [0.2, 0.25) is 0 Å². The molecule has 8 heteroatoms. The maximum absolute atomic E-state index is 13.5. The lowest BCUT2D eigenvalue weighted by Crippen LogP contribution is -2.31. The van der Waals surface area contributed by atoms with Crippen LogP contribution in [0, 0.1) is 28.8 Å². The van der Waals surface area contributed by atoms with Crippen molar-refractivity contribution in [2.24, 2.45) is 0 Å². The smallest absolute Gasteiger partial charge is 0.194 e. The quantitative estimate of drug-likeness (QED) is 0.664. The molecule has 2 N–H and O–H groups in total. The summed E-state index contributed by atoms with van der Waals surface area (Å²) in [5.41, 5.74) is 0.359. The fourth-order valence-corrected chi connectivity index (χ4v) is 2.02. The number of anilines is 1. The topological polar surface area (TPSA) is 60.7 Å². The number of hydrogen-bond acceptors (Lipinski definition) is 3. The van der Waals surface area contributed by atoms with Gasteiger partial charge < -0.3 is 10.6 Å². The zero-order valence-electron chi connectivity index (χ0n) is 11.7. The molecule has 0 radical (unpaired) electrons. The van der Waals surface area contributed by atoms with Crippen LogP contribution in [0.2, 0.25) is 0 Å². The summed E-state index contributed by atoms with van der Waals surface area (Å²) < 4.78 is 39.4. The van der Waals surface area contributed by atoms with Crippen LogP contribution in [0.15, 0.2) is 30.5 Å². The monoisotopic (exact) mass is 336 g/mol. The summed E-state index contributed by atoms with van der Waals surface area (Å²) in [6, 6.07) is 7.21. The second-order valence-corrected chi connectivity index (χ2v) is 4.88. The Hall–Kier alpha value is -2.66. The number of thiocarbonyl (C=S) groups is 1. The Morgan fingerprint density at radius 2 is 2.00 bits per heavy atom. The van der Waals surface area contributed by atoms with Crippen LogP contribution in [-0.2, 0) is 6.42 Å². The van der Waals surface area contributed by atoms with Crippen molar-refractivity contribution in [3.05, 3.63) is 59.0 Å². The highest BCUT2D eigenvalue weighted by molar-refractivity contribution is 7.80. The van der Waals surface area contributed by atoms with E-state index in [1.165, 1.54) is 12.3 Å². The van der Waals surface area contributed by atoms with Crippen LogP contribution in [0.4, 0.5) is 19.0 Å². The minimum atomic E-state index is -1.49. The van der Waals surface area contributed by atoms with Crippen LogP contribution in [0.25, 0.3) is 0 Å². The molecule has 0 bridgehead atoms. The summed E-state index contributed by atoms with van der Waals surface area (Å²) in [5.74, 6) is -3.63. The number of pyridine rings is 1. The highest BCUT2D eigenvalue weighted by Crippen LogP contribution is 2.15. The Labute approximate surface area is 136 Å². The van der Waals surface area contributed by atoms with E-state index < -0.39 is 17.5 Å². The summed E-state index contributed by atoms with van der Waals surface area (Å²) >= 11 is 5.04. The molecular weight excluding hydrogens is 325 g/mol. The molecule has 0 saturated heterocycles. The van der Waals surface area contributed by atoms with Gasteiger partial charge in [-0.25, -0.2) is 18.2 Å². The molecule has 0 saturated carbocycles. The van der Waals surface area contributed by atoms with E-state index in [2.05, 4.69) is 15.6 Å². The van der Waals surface area contributed by atoms with Gasteiger partial charge in [-0.05, 0) is 42.4 Å². The standard InChI is InChI=1S/C15H11F3N4S/c16-11-4-3-9(12(17)13(11)18)5-7-21-15(23)22-14-10(8-19)2-1-6-20-14/h1-4,6H,5,7H2,(H2,20,21,22,23). The average Bonchev–Trinajstić information content (AvgIpc) is 2.55. The van der Waals surface area contributed by atoms with Crippen LogP contribution in [0.1, 0.15) is 11.1 Å². The number of nitrogens with one attached hydrogen (secondary N) is 2. The van der Waals surface area contributed by atoms with E-state index in [0.29, 0.717) is 11.4 Å². The lowest BCUT2D eigenvalue weighted by Gasteiger charge is -2.11. The summed E-state index contributed by atoms with van der Waals surface area (Å²) in [6.45, 7) is 0.197. The Kier molecular flexibility index (Phi) is 5.49. The molecule has 4 nitrogen and oxygen atoms in total. The van der Waals surface area contributed by atoms with E-state index in [-0.39, 0.29) is 23.6 Å². The van der Waals surface area contributed by atoms with Crippen molar-refractivity contribution in [3.8, 4) is 6.07 Å². The summed E-state index contributed by atoms with van der Waals surface area (Å²) in [4.78, 5) is 3.98.